The Bertz CT molecular complexity index is 674. The van der Waals surface area contributed by atoms with Crippen LogP contribution in [0.25, 0.3) is 0 Å². The Morgan fingerprint density at radius 1 is 1.19 bits per heavy atom. The van der Waals surface area contributed by atoms with Crippen molar-refractivity contribution < 1.29 is 14.3 Å². The Kier molecular flexibility index (Phi) is 4.55. The molecule has 5 nitrogen and oxygen atoms in total. The van der Waals surface area contributed by atoms with Crippen LogP contribution in [0.5, 0.6) is 5.75 Å². The van der Waals surface area contributed by atoms with E-state index in [4.69, 9.17) is 26.8 Å². The van der Waals surface area contributed by atoms with Gasteiger partial charge in [0.05, 0.1) is 30.5 Å². The minimum atomic E-state index is -0.467. The highest BCUT2D eigenvalue weighted by Gasteiger charge is 2.13. The van der Waals surface area contributed by atoms with Crippen molar-refractivity contribution in [1.82, 2.24) is 0 Å². The first-order chi connectivity index (χ1) is 10.0. The van der Waals surface area contributed by atoms with Crippen LogP contribution in [0.1, 0.15) is 10.4 Å². The smallest absolute Gasteiger partial charge is 0.340 e. The number of hydrogen-bond donors (Lipinski definition) is 2. The number of methoxy groups -OCH3 is 2. The molecule has 2 aromatic carbocycles. The summed E-state index contributed by atoms with van der Waals surface area (Å²) < 4.78 is 9.91. The van der Waals surface area contributed by atoms with Gasteiger partial charge in [-0.1, -0.05) is 11.6 Å². The second-order valence-electron chi connectivity index (χ2n) is 4.27. The lowest BCUT2D eigenvalue weighted by Gasteiger charge is -2.13. The van der Waals surface area contributed by atoms with Crippen molar-refractivity contribution in [3.05, 3.63) is 47.0 Å². The summed E-state index contributed by atoms with van der Waals surface area (Å²) >= 11 is 5.98. The van der Waals surface area contributed by atoms with E-state index in [-0.39, 0.29) is 0 Å². The first-order valence-electron chi connectivity index (χ1n) is 6.13. The Morgan fingerprint density at radius 3 is 2.62 bits per heavy atom. The number of ether oxygens (including phenoxy) is 2. The summed E-state index contributed by atoms with van der Waals surface area (Å²) in [6.45, 7) is 0. The number of benzene rings is 2. The van der Waals surface area contributed by atoms with Gasteiger partial charge in [-0.15, -0.1) is 0 Å². The van der Waals surface area contributed by atoms with E-state index in [1.54, 1.807) is 36.4 Å². The summed E-state index contributed by atoms with van der Waals surface area (Å²) in [5.41, 5.74) is 7.85. The molecule has 0 aliphatic heterocycles. The number of hydrogen-bond acceptors (Lipinski definition) is 5. The Labute approximate surface area is 127 Å². The monoisotopic (exact) mass is 306 g/mol. The molecule has 0 fully saturated rings. The summed E-state index contributed by atoms with van der Waals surface area (Å²) in [6, 6.07) is 10.2. The van der Waals surface area contributed by atoms with E-state index in [0.717, 1.165) is 5.69 Å². The third-order valence-electron chi connectivity index (χ3n) is 2.88. The van der Waals surface area contributed by atoms with Crippen LogP contribution in [0.2, 0.25) is 5.02 Å². The van der Waals surface area contributed by atoms with E-state index in [9.17, 15) is 4.79 Å². The predicted molar refractivity (Wildman–Crippen MR) is 83.5 cm³/mol. The molecule has 0 saturated carbocycles. The molecule has 0 heterocycles. The number of nitrogens with two attached hydrogens (primary N) is 1. The van der Waals surface area contributed by atoms with Gasteiger partial charge in [-0.2, -0.15) is 0 Å². The van der Waals surface area contributed by atoms with Gasteiger partial charge in [-0.05, 0) is 30.3 Å². The van der Waals surface area contributed by atoms with Crippen LogP contribution in [-0.2, 0) is 4.74 Å². The zero-order valence-electron chi connectivity index (χ0n) is 11.6. The standard InChI is InChI=1S/C15H15ClN2O3/c1-20-14-8-10(4-5-12(14)16)18-13-6-3-9(17)7-11(13)15(19)21-2/h3-8,18H,17H2,1-2H3. The second-order valence-corrected chi connectivity index (χ2v) is 4.68. The fraction of sp³-hybridized carbons (Fsp3) is 0.133. The van der Waals surface area contributed by atoms with Gasteiger partial charge in [0, 0.05) is 17.4 Å². The third-order valence-corrected chi connectivity index (χ3v) is 3.19. The summed E-state index contributed by atoms with van der Waals surface area (Å²) in [6.07, 6.45) is 0. The highest BCUT2D eigenvalue weighted by Crippen LogP contribution is 2.30. The summed E-state index contributed by atoms with van der Waals surface area (Å²) in [4.78, 5) is 11.8. The van der Waals surface area contributed by atoms with Gasteiger partial charge in [0.2, 0.25) is 0 Å². The lowest BCUT2D eigenvalue weighted by atomic mass is 10.1. The molecule has 6 heteroatoms. The molecule has 3 N–H and O–H groups in total. The van der Waals surface area contributed by atoms with Crippen LogP contribution < -0.4 is 15.8 Å². The molecule has 2 aromatic rings. The average Bonchev–Trinajstić information content (AvgIpc) is 2.50. The van der Waals surface area contributed by atoms with E-state index >= 15 is 0 Å². The van der Waals surface area contributed by atoms with E-state index in [2.05, 4.69) is 5.32 Å². The maximum Gasteiger partial charge on any atom is 0.340 e. The van der Waals surface area contributed by atoms with Crippen molar-refractivity contribution >= 4 is 34.6 Å². The van der Waals surface area contributed by atoms with E-state index in [1.807, 2.05) is 0 Å². The molecule has 0 bridgehead atoms. The SMILES string of the molecule is COC(=O)c1cc(N)ccc1Nc1ccc(Cl)c(OC)c1. The quantitative estimate of drug-likeness (QED) is 0.668. The van der Waals surface area contributed by atoms with Gasteiger partial charge in [0.15, 0.2) is 0 Å². The first-order valence-corrected chi connectivity index (χ1v) is 6.51. The molecule has 0 radical (unpaired) electrons. The van der Waals surface area contributed by atoms with Crippen molar-refractivity contribution in [3.8, 4) is 5.75 Å². The van der Waals surface area contributed by atoms with Gasteiger partial charge >= 0.3 is 5.97 Å². The number of esters is 1. The molecule has 0 unspecified atom stereocenters. The van der Waals surface area contributed by atoms with E-state index in [1.165, 1.54) is 14.2 Å². The molecular formula is C15H15ClN2O3. The molecule has 110 valence electrons. The van der Waals surface area contributed by atoms with Crippen LogP contribution in [0.15, 0.2) is 36.4 Å². The molecule has 0 aliphatic rings. The lowest BCUT2D eigenvalue weighted by molar-refractivity contribution is 0.0602. The summed E-state index contributed by atoms with van der Waals surface area (Å²) in [5, 5.41) is 3.63. The molecule has 0 atom stereocenters. The highest BCUT2D eigenvalue weighted by atomic mass is 35.5. The van der Waals surface area contributed by atoms with Gasteiger partial charge < -0.3 is 20.5 Å². The second kappa shape index (κ2) is 6.37. The molecule has 2 rings (SSSR count). The molecule has 0 aliphatic carbocycles. The van der Waals surface area contributed by atoms with Crippen molar-refractivity contribution in [2.24, 2.45) is 0 Å². The topological polar surface area (TPSA) is 73.6 Å². The maximum absolute atomic E-state index is 11.8. The van der Waals surface area contributed by atoms with Gasteiger partial charge in [-0.3, -0.25) is 0 Å². The molecule has 0 spiro atoms. The molecule has 21 heavy (non-hydrogen) atoms. The van der Waals surface area contributed by atoms with Gasteiger partial charge in [0.25, 0.3) is 0 Å². The number of halogens is 1. The zero-order chi connectivity index (χ0) is 15.4. The van der Waals surface area contributed by atoms with Crippen LogP contribution in [0.4, 0.5) is 17.1 Å². The number of carbonyl (C=O) groups is 1. The van der Waals surface area contributed by atoms with Crippen LogP contribution >= 0.6 is 11.6 Å². The summed E-state index contributed by atoms with van der Waals surface area (Å²) in [5.74, 6) is 0.0717. The zero-order valence-corrected chi connectivity index (χ0v) is 12.4. The summed E-state index contributed by atoms with van der Waals surface area (Å²) in [7, 11) is 2.86. The predicted octanol–water partition coefficient (Wildman–Crippen LogP) is 3.46. The Hall–Kier alpha value is -2.40. The normalized spacial score (nSPS) is 10.0. The van der Waals surface area contributed by atoms with Gasteiger partial charge in [0.1, 0.15) is 5.75 Å². The molecule has 0 aromatic heterocycles. The fourth-order valence-corrected chi connectivity index (χ4v) is 2.04. The third kappa shape index (κ3) is 3.38. The number of anilines is 3. The van der Waals surface area contributed by atoms with Gasteiger partial charge in [-0.25, -0.2) is 4.79 Å². The molecule has 0 saturated heterocycles. The Balaban J connectivity index is 2.37. The lowest BCUT2D eigenvalue weighted by Crippen LogP contribution is -2.06. The molecular weight excluding hydrogens is 292 g/mol. The first kappa shape index (κ1) is 15.0. The maximum atomic E-state index is 11.8. The van der Waals surface area contributed by atoms with E-state index in [0.29, 0.717) is 27.7 Å². The number of nitrogens with one attached hydrogen (secondary N) is 1. The average molecular weight is 307 g/mol. The van der Waals surface area contributed by atoms with Crippen LogP contribution in [0.3, 0.4) is 0 Å². The fourth-order valence-electron chi connectivity index (χ4n) is 1.84. The van der Waals surface area contributed by atoms with Crippen molar-refractivity contribution in [2.75, 3.05) is 25.3 Å². The number of carbonyl (C=O) groups excluding carboxylic acids is 1. The minimum Gasteiger partial charge on any atom is -0.495 e. The Morgan fingerprint density at radius 2 is 1.95 bits per heavy atom. The number of rotatable bonds is 4. The van der Waals surface area contributed by atoms with Crippen molar-refractivity contribution in [1.29, 1.82) is 0 Å². The van der Waals surface area contributed by atoms with E-state index < -0.39 is 5.97 Å². The van der Waals surface area contributed by atoms with Crippen molar-refractivity contribution in [2.45, 2.75) is 0 Å². The van der Waals surface area contributed by atoms with Crippen LogP contribution in [-0.4, -0.2) is 20.2 Å². The van der Waals surface area contributed by atoms with Crippen LogP contribution in [0, 0.1) is 0 Å². The van der Waals surface area contributed by atoms with Crippen molar-refractivity contribution in [3.63, 3.8) is 0 Å². The highest BCUT2D eigenvalue weighted by molar-refractivity contribution is 6.32. The molecule has 0 amide bonds. The minimum absolute atomic E-state index is 0.353. The number of nitrogen functional groups attached to an aromatic ring is 1. The largest absolute Gasteiger partial charge is 0.495 e.